The summed E-state index contributed by atoms with van der Waals surface area (Å²) in [5, 5.41) is 17.3. The maximum Gasteiger partial charge on any atom is 0.235 e. The Morgan fingerprint density at radius 1 is 0.136 bits per heavy atom. The quantitative estimate of drug-likeness (QED) is 0.123. The predicted octanol–water partition coefficient (Wildman–Crippen LogP) is 34.0. The highest BCUT2D eigenvalue weighted by molar-refractivity contribution is 6.18. The van der Waals surface area contributed by atoms with Crippen molar-refractivity contribution >= 4 is 197 Å². The molecule has 0 aliphatic heterocycles. The summed E-state index contributed by atoms with van der Waals surface area (Å²) in [6, 6.07) is 166. The number of fused-ring (bicyclic) bond motifs is 27. The van der Waals surface area contributed by atoms with E-state index in [4.69, 9.17) is 43.2 Å². The molecule has 20 aromatic carbocycles. The molecule has 0 amide bonds. The average Bonchev–Trinajstić information content (AvgIpc) is 1.56. The predicted molar refractivity (Wildman–Crippen MR) is 601 cm³/mol. The van der Waals surface area contributed by atoms with Gasteiger partial charge in [0, 0.05) is 97.9 Å². The lowest BCUT2D eigenvalue weighted by molar-refractivity contribution is 0.665. The van der Waals surface area contributed by atoms with E-state index in [1.165, 1.54) is 98.8 Å². The Morgan fingerprint density at radius 2 is 0.367 bits per heavy atom. The van der Waals surface area contributed by atoms with Gasteiger partial charge in [-0.3, -0.25) is 13.7 Å². The molecule has 0 radical (unpaired) electrons. The zero-order chi connectivity index (χ0) is 96.4. The summed E-state index contributed by atoms with van der Waals surface area (Å²) in [4.78, 5) is 29.7. The second-order valence-electron chi connectivity index (χ2n) is 37.6. The Morgan fingerprint density at radius 3 is 0.741 bits per heavy atom. The zero-order valence-corrected chi connectivity index (χ0v) is 78.8. The van der Waals surface area contributed by atoms with Crippen LogP contribution in [0.15, 0.2) is 499 Å². The summed E-state index contributed by atoms with van der Waals surface area (Å²) >= 11 is 0. The van der Waals surface area contributed by atoms with Crippen molar-refractivity contribution in [2.24, 2.45) is 0 Å². The second kappa shape index (κ2) is 33.3. The van der Waals surface area contributed by atoms with E-state index in [1.807, 2.05) is 60.7 Å². The lowest BCUT2D eigenvalue weighted by Gasteiger charge is -2.11. The van der Waals surface area contributed by atoms with E-state index in [9.17, 15) is 0 Å². The van der Waals surface area contributed by atoms with Crippen molar-refractivity contribution in [1.82, 2.24) is 57.3 Å². The summed E-state index contributed by atoms with van der Waals surface area (Å²) in [6.07, 6.45) is 5.37. The number of hydrogen-bond donors (Lipinski definition) is 0. The first-order valence-electron chi connectivity index (χ1n) is 49.4. The Labute approximate surface area is 838 Å². The van der Waals surface area contributed by atoms with Crippen molar-refractivity contribution in [2.45, 2.75) is 0 Å². The molecule has 0 aliphatic rings. The molecule has 15 nitrogen and oxygen atoms in total. The van der Waals surface area contributed by atoms with Crippen LogP contribution >= 0.6 is 0 Å². The van der Waals surface area contributed by atoms with E-state index in [1.54, 1.807) is 18.6 Å². The normalized spacial score (nSPS) is 11.9. The minimum Gasteiger partial charge on any atom is -0.453 e. The van der Waals surface area contributed by atoms with E-state index in [-0.39, 0.29) is 0 Å². The van der Waals surface area contributed by atoms with Crippen LogP contribution in [0.25, 0.3) is 288 Å². The molecule has 0 spiro atoms. The minimum atomic E-state index is 0.619. The van der Waals surface area contributed by atoms with Crippen LogP contribution < -0.4 is 0 Å². The van der Waals surface area contributed by atoms with E-state index in [2.05, 4.69) is 434 Å². The van der Waals surface area contributed by atoms with Crippen molar-refractivity contribution in [3.8, 4) is 90.5 Å². The Balaban J connectivity index is 0.000000102. The van der Waals surface area contributed by atoms with Crippen molar-refractivity contribution in [1.29, 1.82) is 0 Å². The standard InChI is InChI=1S/2C46H28N4O.C40H24N4O/c1-2-11-29(12-3-1)30-13-10-14-33(25-30)49-39-18-7-5-16-35(39)38-26-31(22-24-41(38)49)32-21-23-36-34-15-4-8-19-40(34)50(42(36)27-32)46-47-28-44-45(48-46)37-17-6-9-20-43(37)51-44;1-2-10-29(11-3-1)30-18-22-33(23-19-30)49-39-15-7-5-13-35(39)38-26-31(21-25-41(38)49)32-20-24-36-34-12-4-8-16-40(34)50(42(36)27-32)46-47-28-44-45(48-46)37-14-6-9-17-43(37)51-44;1-2-10-27(11-3-1)43-33-15-7-4-12-28(33)31-22-25(18-20-35(31)43)26-19-21-36-32(23-26)29-13-5-8-16-34(29)44(36)40-41-24-38-39(42-40)30-14-6-9-17-37(30)45-38/h2*1-28H;1-24H. The maximum absolute atomic E-state index is 6.06. The SMILES string of the molecule is c1ccc(-c2ccc(-n3c4ccccc4c4cc(-c5ccc6c7ccccc7n(-c7ncc8oc9ccccc9c8n7)c6c5)ccc43)cc2)cc1.c1ccc(-c2cccc(-n3c4ccccc4c4cc(-c5ccc6c7ccccc7n(-c7ncc8oc9ccccc9c8n7)c6c5)ccc43)c2)cc1.c1ccc(-n2c3ccccc3c3cc(-c4ccc5c(c4)c4ccccc4n5-c4ncc5oc6ccccc6c5n4)ccc32)cc1. The van der Waals surface area contributed by atoms with Gasteiger partial charge in [0.25, 0.3) is 0 Å². The molecule has 12 heterocycles. The van der Waals surface area contributed by atoms with E-state index in [0.717, 1.165) is 154 Å². The molecule has 686 valence electrons. The van der Waals surface area contributed by atoms with Crippen molar-refractivity contribution < 1.29 is 13.3 Å². The first-order valence-corrected chi connectivity index (χ1v) is 49.4. The molecule has 0 saturated carbocycles. The van der Waals surface area contributed by atoms with Crippen LogP contribution in [0.4, 0.5) is 0 Å². The molecule has 32 aromatic rings. The molecule has 147 heavy (non-hydrogen) atoms. The van der Waals surface area contributed by atoms with Gasteiger partial charge in [0.2, 0.25) is 17.8 Å². The summed E-state index contributed by atoms with van der Waals surface area (Å²) < 4.78 is 31.8. The van der Waals surface area contributed by atoms with Crippen molar-refractivity contribution in [3.63, 3.8) is 0 Å². The molecule has 0 unspecified atom stereocenters. The molecule has 0 bridgehead atoms. The molecule has 0 aliphatic carbocycles. The Hall–Kier alpha value is -20.2. The second-order valence-corrected chi connectivity index (χ2v) is 37.6. The van der Waals surface area contributed by atoms with Gasteiger partial charge >= 0.3 is 0 Å². The number of benzene rings is 20. The molecule has 0 N–H and O–H groups in total. The number of para-hydroxylation sites is 10. The molecular weight excluding hydrogens is 1800 g/mol. The Kier molecular flexibility index (Phi) is 18.7. The third-order valence-corrected chi connectivity index (χ3v) is 29.4. The maximum atomic E-state index is 6.06. The van der Waals surface area contributed by atoms with Gasteiger partial charge in [-0.05, 0) is 225 Å². The van der Waals surface area contributed by atoms with Crippen LogP contribution in [0.2, 0.25) is 0 Å². The van der Waals surface area contributed by atoms with Gasteiger partial charge in [-0.2, -0.15) is 0 Å². The Bertz CT molecular complexity index is 11000. The summed E-state index contributed by atoms with van der Waals surface area (Å²) in [5.41, 5.74) is 35.6. The fourth-order valence-corrected chi connectivity index (χ4v) is 22.7. The summed E-state index contributed by atoms with van der Waals surface area (Å²) in [6.45, 7) is 0. The van der Waals surface area contributed by atoms with Gasteiger partial charge in [0.05, 0.1) is 84.8 Å². The van der Waals surface area contributed by atoms with Gasteiger partial charge in [0.1, 0.15) is 33.3 Å². The molecule has 32 rings (SSSR count). The van der Waals surface area contributed by atoms with Crippen LogP contribution in [0.3, 0.4) is 0 Å². The third kappa shape index (κ3) is 13.4. The lowest BCUT2D eigenvalue weighted by atomic mass is 10.0. The van der Waals surface area contributed by atoms with E-state index >= 15 is 0 Å². The van der Waals surface area contributed by atoms with Crippen LogP contribution in [-0.2, 0) is 0 Å². The molecule has 0 fully saturated rings. The minimum absolute atomic E-state index is 0.619. The van der Waals surface area contributed by atoms with Crippen molar-refractivity contribution in [3.05, 3.63) is 486 Å². The monoisotopic (exact) mass is 1880 g/mol. The van der Waals surface area contributed by atoms with Gasteiger partial charge < -0.3 is 27.0 Å². The molecule has 15 heteroatoms. The number of nitrogens with zero attached hydrogens (tertiary/aromatic N) is 12. The highest BCUT2D eigenvalue weighted by Gasteiger charge is 2.26. The number of aromatic nitrogens is 12. The van der Waals surface area contributed by atoms with Crippen molar-refractivity contribution in [2.75, 3.05) is 0 Å². The smallest absolute Gasteiger partial charge is 0.235 e. The third-order valence-electron chi connectivity index (χ3n) is 29.4. The van der Waals surface area contributed by atoms with Gasteiger partial charge in [-0.15, -0.1) is 0 Å². The zero-order valence-electron chi connectivity index (χ0n) is 78.8. The average molecular weight is 1880 g/mol. The lowest BCUT2D eigenvalue weighted by Crippen LogP contribution is -2.00. The molecular formula is C132H80N12O3. The van der Waals surface area contributed by atoms with Crippen LogP contribution in [0, 0.1) is 0 Å². The number of rotatable bonds is 11. The molecule has 12 aromatic heterocycles. The largest absolute Gasteiger partial charge is 0.453 e. The fraction of sp³-hybridized carbons (Fsp3) is 0. The molecule has 0 atom stereocenters. The van der Waals surface area contributed by atoms with Gasteiger partial charge in [-0.25, -0.2) is 29.9 Å². The first kappa shape index (κ1) is 82.7. The highest BCUT2D eigenvalue weighted by atomic mass is 16.3. The summed E-state index contributed by atoms with van der Waals surface area (Å²) in [7, 11) is 0. The van der Waals surface area contributed by atoms with Gasteiger partial charge in [0.15, 0.2) is 16.7 Å². The topological polar surface area (TPSA) is 146 Å². The highest BCUT2D eigenvalue weighted by Crippen LogP contribution is 2.46. The fourth-order valence-electron chi connectivity index (χ4n) is 22.7. The van der Waals surface area contributed by atoms with Gasteiger partial charge in [-0.1, -0.05) is 297 Å². The van der Waals surface area contributed by atoms with E-state index in [0.29, 0.717) is 34.6 Å². The van der Waals surface area contributed by atoms with Crippen LogP contribution in [-0.4, -0.2) is 57.3 Å². The molecule has 0 saturated heterocycles. The first-order chi connectivity index (χ1) is 72.9. The van der Waals surface area contributed by atoms with Crippen LogP contribution in [0.5, 0.6) is 0 Å². The number of hydrogen-bond acceptors (Lipinski definition) is 9. The number of furan rings is 3. The summed E-state index contributed by atoms with van der Waals surface area (Å²) in [5.74, 6) is 1.87. The van der Waals surface area contributed by atoms with Crippen LogP contribution in [0.1, 0.15) is 0 Å². The van der Waals surface area contributed by atoms with E-state index < -0.39 is 0 Å².